The number of piperidine rings is 1. The third-order valence-corrected chi connectivity index (χ3v) is 4.09. The first-order valence-electron chi connectivity index (χ1n) is 7.20. The minimum Gasteiger partial charge on any atom is -0.335 e. The smallest absolute Gasteiger partial charge is 0.317 e. The number of rotatable bonds is 1. The minimum absolute atomic E-state index is 0.176. The number of likely N-dealkylation sites (tertiary alicyclic amines) is 1. The molecule has 1 heterocycles. The second-order valence-electron chi connectivity index (χ2n) is 6.14. The van der Waals surface area contributed by atoms with E-state index in [1.54, 1.807) is 0 Å². The molecule has 2 amide bonds. The fourth-order valence-electron chi connectivity index (χ4n) is 3.34. The van der Waals surface area contributed by atoms with E-state index in [9.17, 15) is 4.79 Å². The van der Waals surface area contributed by atoms with Crippen molar-refractivity contribution in [3.63, 3.8) is 0 Å². The van der Waals surface area contributed by atoms with Gasteiger partial charge in [0.15, 0.2) is 0 Å². The Morgan fingerprint density at radius 3 is 2.24 bits per heavy atom. The van der Waals surface area contributed by atoms with Crippen molar-refractivity contribution in [3.05, 3.63) is 0 Å². The minimum atomic E-state index is 0.176. The van der Waals surface area contributed by atoms with Crippen molar-refractivity contribution >= 4 is 6.03 Å². The fraction of sp³-hybridized carbons (Fsp3) is 0.929. The summed E-state index contributed by atoms with van der Waals surface area (Å²) in [7, 11) is 0. The van der Waals surface area contributed by atoms with Gasteiger partial charge in [0.05, 0.1) is 0 Å². The SMILES string of the molecule is C[C@H]1C[C@H](C)CN(C(=O)NC2CCCCC2)C1. The molecule has 2 atom stereocenters. The Labute approximate surface area is 105 Å². The van der Waals surface area contributed by atoms with Crippen LogP contribution < -0.4 is 5.32 Å². The van der Waals surface area contributed by atoms with Crippen LogP contribution in [0.25, 0.3) is 0 Å². The van der Waals surface area contributed by atoms with Crippen LogP contribution in [0.1, 0.15) is 52.4 Å². The van der Waals surface area contributed by atoms with Gasteiger partial charge in [-0.2, -0.15) is 0 Å². The van der Waals surface area contributed by atoms with Crippen LogP contribution in [0.2, 0.25) is 0 Å². The molecule has 1 aliphatic heterocycles. The lowest BCUT2D eigenvalue weighted by Crippen LogP contribution is -2.50. The summed E-state index contributed by atoms with van der Waals surface area (Å²) in [4.78, 5) is 14.2. The van der Waals surface area contributed by atoms with Crippen molar-refractivity contribution in [2.75, 3.05) is 13.1 Å². The standard InChI is InChI=1S/C14H26N2O/c1-11-8-12(2)10-16(9-11)14(17)15-13-6-4-3-5-7-13/h11-13H,3-10H2,1-2H3,(H,15,17)/t11-,12-/m0/s1. The first kappa shape index (κ1) is 12.7. The van der Waals surface area contributed by atoms with Crippen molar-refractivity contribution in [2.45, 2.75) is 58.4 Å². The van der Waals surface area contributed by atoms with Crippen molar-refractivity contribution in [2.24, 2.45) is 11.8 Å². The first-order valence-corrected chi connectivity index (χ1v) is 7.20. The van der Waals surface area contributed by atoms with Gasteiger partial charge < -0.3 is 10.2 Å². The van der Waals surface area contributed by atoms with E-state index in [0.29, 0.717) is 17.9 Å². The Bertz CT molecular complexity index is 251. The molecule has 3 nitrogen and oxygen atoms in total. The zero-order chi connectivity index (χ0) is 12.3. The second-order valence-corrected chi connectivity index (χ2v) is 6.14. The maximum atomic E-state index is 12.2. The van der Waals surface area contributed by atoms with E-state index in [-0.39, 0.29) is 6.03 Å². The number of nitrogens with zero attached hydrogens (tertiary/aromatic N) is 1. The van der Waals surface area contributed by atoms with Gasteiger partial charge in [-0.25, -0.2) is 4.79 Å². The summed E-state index contributed by atoms with van der Waals surface area (Å²) >= 11 is 0. The van der Waals surface area contributed by atoms with Gasteiger partial charge in [0.2, 0.25) is 0 Å². The Morgan fingerprint density at radius 1 is 1.06 bits per heavy atom. The lowest BCUT2D eigenvalue weighted by Gasteiger charge is -2.36. The summed E-state index contributed by atoms with van der Waals surface area (Å²) in [6, 6.07) is 0.610. The average Bonchev–Trinajstić information content (AvgIpc) is 2.29. The molecule has 2 fully saturated rings. The normalized spacial score (nSPS) is 31.3. The summed E-state index contributed by atoms with van der Waals surface area (Å²) in [6.45, 7) is 6.36. The summed E-state index contributed by atoms with van der Waals surface area (Å²) in [6.07, 6.45) is 7.49. The Balaban J connectivity index is 1.81. The highest BCUT2D eigenvalue weighted by atomic mass is 16.2. The van der Waals surface area contributed by atoms with Gasteiger partial charge >= 0.3 is 6.03 Å². The molecule has 3 heteroatoms. The van der Waals surface area contributed by atoms with Crippen LogP contribution >= 0.6 is 0 Å². The number of urea groups is 1. The molecule has 2 aliphatic rings. The highest BCUT2D eigenvalue weighted by molar-refractivity contribution is 5.74. The van der Waals surface area contributed by atoms with E-state index in [4.69, 9.17) is 0 Å². The highest BCUT2D eigenvalue weighted by Crippen LogP contribution is 2.22. The lowest BCUT2D eigenvalue weighted by atomic mass is 9.92. The zero-order valence-corrected chi connectivity index (χ0v) is 11.2. The Hall–Kier alpha value is -0.730. The molecular weight excluding hydrogens is 212 g/mol. The number of carbonyl (C=O) groups excluding carboxylic acids is 1. The molecule has 0 aromatic rings. The molecule has 0 aromatic carbocycles. The van der Waals surface area contributed by atoms with Crippen LogP contribution in [0, 0.1) is 11.8 Å². The highest BCUT2D eigenvalue weighted by Gasteiger charge is 2.26. The van der Waals surface area contributed by atoms with Crippen molar-refractivity contribution in [1.29, 1.82) is 0 Å². The van der Waals surface area contributed by atoms with Crippen molar-refractivity contribution in [1.82, 2.24) is 10.2 Å². The molecule has 0 spiro atoms. The molecule has 1 saturated heterocycles. The lowest BCUT2D eigenvalue weighted by molar-refractivity contribution is 0.141. The van der Waals surface area contributed by atoms with Gasteiger partial charge in [-0.15, -0.1) is 0 Å². The van der Waals surface area contributed by atoms with Gasteiger partial charge in [0, 0.05) is 19.1 Å². The average molecular weight is 238 g/mol. The maximum absolute atomic E-state index is 12.2. The number of hydrogen-bond donors (Lipinski definition) is 1. The second kappa shape index (κ2) is 5.74. The van der Waals surface area contributed by atoms with Gasteiger partial charge in [-0.1, -0.05) is 33.1 Å². The van der Waals surface area contributed by atoms with Crippen LogP contribution in [0.4, 0.5) is 4.79 Å². The molecule has 1 aliphatic carbocycles. The molecule has 2 rings (SSSR count). The predicted octanol–water partition coefficient (Wildman–Crippen LogP) is 3.01. The molecule has 1 N–H and O–H groups in total. The molecule has 17 heavy (non-hydrogen) atoms. The van der Waals surface area contributed by atoms with Crippen LogP contribution in [-0.4, -0.2) is 30.1 Å². The van der Waals surface area contributed by atoms with E-state index in [1.807, 2.05) is 4.90 Å². The summed E-state index contributed by atoms with van der Waals surface area (Å²) in [5, 5.41) is 3.22. The molecule has 0 bridgehead atoms. The quantitative estimate of drug-likeness (QED) is 0.748. The number of amides is 2. The summed E-state index contributed by atoms with van der Waals surface area (Å²) in [5.41, 5.74) is 0. The van der Waals surface area contributed by atoms with Gasteiger partial charge in [0.1, 0.15) is 0 Å². The third kappa shape index (κ3) is 3.62. The molecule has 98 valence electrons. The van der Waals surface area contributed by atoms with E-state index < -0.39 is 0 Å². The van der Waals surface area contributed by atoms with Crippen LogP contribution in [0.15, 0.2) is 0 Å². The molecule has 0 unspecified atom stereocenters. The van der Waals surface area contributed by atoms with Gasteiger partial charge in [0.25, 0.3) is 0 Å². The van der Waals surface area contributed by atoms with E-state index in [2.05, 4.69) is 19.2 Å². The van der Waals surface area contributed by atoms with Crippen LogP contribution in [0.5, 0.6) is 0 Å². The summed E-state index contributed by atoms with van der Waals surface area (Å²) < 4.78 is 0. The number of hydrogen-bond acceptors (Lipinski definition) is 1. The molecule has 0 aromatic heterocycles. The monoisotopic (exact) mass is 238 g/mol. The zero-order valence-electron chi connectivity index (χ0n) is 11.2. The first-order chi connectivity index (χ1) is 8.15. The van der Waals surface area contributed by atoms with E-state index >= 15 is 0 Å². The van der Waals surface area contributed by atoms with Crippen LogP contribution in [0.3, 0.4) is 0 Å². The number of carbonyl (C=O) groups is 1. The molecule has 1 saturated carbocycles. The van der Waals surface area contributed by atoms with E-state index in [0.717, 1.165) is 13.1 Å². The third-order valence-electron chi connectivity index (χ3n) is 4.09. The number of nitrogens with one attached hydrogen (secondary N) is 1. The maximum Gasteiger partial charge on any atom is 0.317 e. The fourth-order valence-corrected chi connectivity index (χ4v) is 3.34. The Morgan fingerprint density at radius 2 is 1.65 bits per heavy atom. The molecular formula is C14H26N2O. The van der Waals surface area contributed by atoms with Gasteiger partial charge in [-0.05, 0) is 31.1 Å². The van der Waals surface area contributed by atoms with Crippen LogP contribution in [-0.2, 0) is 0 Å². The van der Waals surface area contributed by atoms with Crippen molar-refractivity contribution < 1.29 is 4.79 Å². The van der Waals surface area contributed by atoms with Crippen molar-refractivity contribution in [3.8, 4) is 0 Å². The molecule has 0 radical (unpaired) electrons. The topological polar surface area (TPSA) is 32.3 Å². The predicted molar refractivity (Wildman–Crippen MR) is 69.9 cm³/mol. The largest absolute Gasteiger partial charge is 0.335 e. The summed E-state index contributed by atoms with van der Waals surface area (Å²) in [5.74, 6) is 1.30. The van der Waals surface area contributed by atoms with E-state index in [1.165, 1.54) is 38.5 Å². The Kier molecular flexibility index (Phi) is 4.30. The van der Waals surface area contributed by atoms with Gasteiger partial charge in [-0.3, -0.25) is 0 Å².